The number of alkyl halides is 3. The molecule has 0 aliphatic rings. The van der Waals surface area contributed by atoms with E-state index in [4.69, 9.17) is 4.74 Å². The van der Waals surface area contributed by atoms with Crippen LogP contribution in [0.4, 0.5) is 18.9 Å². The number of hydrogen-bond acceptors (Lipinski definition) is 3. The van der Waals surface area contributed by atoms with Crippen molar-refractivity contribution in [2.24, 2.45) is 7.05 Å². The number of ether oxygens (including phenoxy) is 1. The van der Waals surface area contributed by atoms with Gasteiger partial charge in [-0.1, -0.05) is 6.07 Å². The molecule has 0 fully saturated rings. The Labute approximate surface area is 159 Å². The number of hydrogen-bond donors (Lipinski definition) is 1. The number of imidazole rings is 1. The number of aromatic nitrogens is 2. The monoisotopic (exact) mass is 389 g/mol. The molecule has 0 saturated heterocycles. The minimum atomic E-state index is -4.48. The van der Waals surface area contributed by atoms with Crippen LogP contribution >= 0.6 is 0 Å². The zero-order valence-electron chi connectivity index (χ0n) is 15.2. The fourth-order valence-electron chi connectivity index (χ4n) is 2.59. The van der Waals surface area contributed by atoms with Crippen LogP contribution in [0.3, 0.4) is 0 Å². The van der Waals surface area contributed by atoms with E-state index < -0.39 is 17.6 Å². The molecule has 146 valence electrons. The number of anilines is 1. The normalized spacial score (nSPS) is 11.3. The number of aryl methyl sites for hydroxylation is 2. The molecule has 1 aromatic heterocycles. The van der Waals surface area contributed by atoms with E-state index in [0.29, 0.717) is 11.3 Å². The molecule has 0 saturated carbocycles. The van der Waals surface area contributed by atoms with E-state index in [9.17, 15) is 18.0 Å². The second-order valence-corrected chi connectivity index (χ2v) is 6.25. The quantitative estimate of drug-likeness (QED) is 0.695. The summed E-state index contributed by atoms with van der Waals surface area (Å²) < 4.78 is 46.4. The van der Waals surface area contributed by atoms with Gasteiger partial charge in [0.05, 0.1) is 5.56 Å². The van der Waals surface area contributed by atoms with Crippen LogP contribution in [-0.4, -0.2) is 15.5 Å². The summed E-state index contributed by atoms with van der Waals surface area (Å²) in [5, 5.41) is 2.49. The van der Waals surface area contributed by atoms with Gasteiger partial charge in [-0.05, 0) is 48.9 Å². The Bertz CT molecular complexity index is 979. The topological polar surface area (TPSA) is 56.1 Å². The Morgan fingerprint density at radius 3 is 2.50 bits per heavy atom. The molecule has 5 nitrogen and oxygen atoms in total. The molecule has 1 N–H and O–H groups in total. The first-order valence-corrected chi connectivity index (χ1v) is 8.42. The number of nitrogens with zero attached hydrogens (tertiary/aromatic N) is 2. The third-order valence-electron chi connectivity index (χ3n) is 4.21. The summed E-state index contributed by atoms with van der Waals surface area (Å²) in [6.45, 7) is 1.65. The van der Waals surface area contributed by atoms with Crippen molar-refractivity contribution in [1.29, 1.82) is 0 Å². The Kier molecular flexibility index (Phi) is 5.39. The summed E-state index contributed by atoms with van der Waals surface area (Å²) in [4.78, 5) is 16.5. The summed E-state index contributed by atoms with van der Waals surface area (Å²) in [5.74, 6) is 0.795. The smallest absolute Gasteiger partial charge is 0.416 e. The standard InChI is InChI=1S/C20H18F3N3O2/c1-13-3-6-15(11-17(13)20(21,22)23)25-19(27)14-4-7-16(8-5-14)28-12-18-24-9-10-26(18)2/h3-11H,12H2,1-2H3,(H,25,27). The molecule has 1 heterocycles. The zero-order chi connectivity index (χ0) is 20.3. The average molecular weight is 389 g/mol. The van der Waals surface area contributed by atoms with Crippen molar-refractivity contribution in [3.8, 4) is 5.75 Å². The number of benzene rings is 2. The fourth-order valence-corrected chi connectivity index (χ4v) is 2.59. The third-order valence-corrected chi connectivity index (χ3v) is 4.21. The maximum atomic E-state index is 13.0. The summed E-state index contributed by atoms with van der Waals surface area (Å²) >= 11 is 0. The number of halogens is 3. The van der Waals surface area contributed by atoms with Gasteiger partial charge in [0, 0.05) is 30.7 Å². The van der Waals surface area contributed by atoms with Gasteiger partial charge in [0.15, 0.2) is 0 Å². The fraction of sp³-hybridized carbons (Fsp3) is 0.200. The van der Waals surface area contributed by atoms with Crippen molar-refractivity contribution < 1.29 is 22.7 Å². The Morgan fingerprint density at radius 1 is 1.18 bits per heavy atom. The van der Waals surface area contributed by atoms with E-state index in [1.54, 1.807) is 36.7 Å². The maximum Gasteiger partial charge on any atom is 0.416 e. The van der Waals surface area contributed by atoms with Gasteiger partial charge in [-0.15, -0.1) is 0 Å². The highest BCUT2D eigenvalue weighted by atomic mass is 19.4. The first-order chi connectivity index (χ1) is 13.2. The maximum absolute atomic E-state index is 13.0. The molecule has 0 bridgehead atoms. The molecule has 3 aromatic rings. The first kappa shape index (κ1) is 19.5. The molecule has 0 aliphatic carbocycles. The van der Waals surface area contributed by atoms with Gasteiger partial charge in [0.1, 0.15) is 18.2 Å². The lowest BCUT2D eigenvalue weighted by molar-refractivity contribution is -0.138. The predicted octanol–water partition coefficient (Wildman–Crippen LogP) is 4.58. The van der Waals surface area contributed by atoms with E-state index in [2.05, 4.69) is 10.3 Å². The minimum Gasteiger partial charge on any atom is -0.486 e. The SMILES string of the molecule is Cc1ccc(NC(=O)c2ccc(OCc3nccn3C)cc2)cc1C(F)(F)F. The van der Waals surface area contributed by atoms with E-state index in [0.717, 1.165) is 11.9 Å². The second-order valence-electron chi connectivity index (χ2n) is 6.25. The molecule has 0 radical (unpaired) electrons. The average Bonchev–Trinajstić information content (AvgIpc) is 3.06. The Morgan fingerprint density at radius 2 is 1.89 bits per heavy atom. The first-order valence-electron chi connectivity index (χ1n) is 8.42. The van der Waals surface area contributed by atoms with Crippen LogP contribution in [0, 0.1) is 6.92 Å². The number of carbonyl (C=O) groups excluding carboxylic acids is 1. The minimum absolute atomic E-state index is 0.0815. The third kappa shape index (κ3) is 4.51. The van der Waals surface area contributed by atoms with Gasteiger partial charge in [-0.25, -0.2) is 4.98 Å². The van der Waals surface area contributed by atoms with Crippen molar-refractivity contribution in [2.75, 3.05) is 5.32 Å². The molecule has 2 aromatic carbocycles. The van der Waals surface area contributed by atoms with Crippen molar-refractivity contribution in [1.82, 2.24) is 9.55 Å². The van der Waals surface area contributed by atoms with E-state index in [1.807, 2.05) is 11.6 Å². The van der Waals surface area contributed by atoms with Crippen molar-refractivity contribution >= 4 is 11.6 Å². The summed E-state index contributed by atoms with van der Waals surface area (Å²) in [6.07, 6.45) is -1.00. The van der Waals surface area contributed by atoms with Crippen molar-refractivity contribution in [3.63, 3.8) is 0 Å². The summed E-state index contributed by atoms with van der Waals surface area (Å²) in [6, 6.07) is 10.0. The van der Waals surface area contributed by atoms with Crippen LogP contribution in [0.25, 0.3) is 0 Å². The van der Waals surface area contributed by atoms with Gasteiger partial charge >= 0.3 is 6.18 Å². The van der Waals surface area contributed by atoms with E-state index in [-0.39, 0.29) is 17.9 Å². The molecule has 0 atom stereocenters. The summed E-state index contributed by atoms with van der Waals surface area (Å²) in [5.41, 5.74) is -0.292. The van der Waals surface area contributed by atoms with E-state index >= 15 is 0 Å². The second kappa shape index (κ2) is 7.75. The highest BCUT2D eigenvalue weighted by Gasteiger charge is 2.32. The molecular formula is C20H18F3N3O2. The molecule has 28 heavy (non-hydrogen) atoms. The van der Waals surface area contributed by atoms with E-state index in [1.165, 1.54) is 19.1 Å². The number of carbonyl (C=O) groups is 1. The lowest BCUT2D eigenvalue weighted by Gasteiger charge is -2.13. The lowest BCUT2D eigenvalue weighted by Crippen LogP contribution is -2.14. The van der Waals surface area contributed by atoms with Gasteiger partial charge < -0.3 is 14.6 Å². The number of nitrogens with one attached hydrogen (secondary N) is 1. The summed E-state index contributed by atoms with van der Waals surface area (Å²) in [7, 11) is 1.86. The lowest BCUT2D eigenvalue weighted by atomic mass is 10.1. The molecule has 3 rings (SSSR count). The van der Waals surface area contributed by atoms with Crippen LogP contribution in [0.1, 0.15) is 27.3 Å². The van der Waals surface area contributed by atoms with Crippen LogP contribution in [0.15, 0.2) is 54.9 Å². The number of rotatable bonds is 5. The molecule has 0 unspecified atom stereocenters. The van der Waals surface area contributed by atoms with Gasteiger partial charge in [0.2, 0.25) is 0 Å². The highest BCUT2D eigenvalue weighted by molar-refractivity contribution is 6.04. The molecule has 0 spiro atoms. The zero-order valence-corrected chi connectivity index (χ0v) is 15.2. The van der Waals surface area contributed by atoms with Gasteiger partial charge in [0.25, 0.3) is 5.91 Å². The van der Waals surface area contributed by atoms with Crippen LogP contribution in [-0.2, 0) is 19.8 Å². The highest BCUT2D eigenvalue weighted by Crippen LogP contribution is 2.33. The molecular weight excluding hydrogens is 371 g/mol. The largest absolute Gasteiger partial charge is 0.486 e. The van der Waals surface area contributed by atoms with Gasteiger partial charge in [-0.2, -0.15) is 13.2 Å². The molecule has 8 heteroatoms. The van der Waals surface area contributed by atoms with Crippen molar-refractivity contribution in [2.45, 2.75) is 19.7 Å². The Hall–Kier alpha value is -3.29. The van der Waals surface area contributed by atoms with Crippen LogP contribution < -0.4 is 10.1 Å². The number of amides is 1. The van der Waals surface area contributed by atoms with Gasteiger partial charge in [-0.3, -0.25) is 4.79 Å². The molecule has 1 amide bonds. The molecule has 0 aliphatic heterocycles. The Balaban J connectivity index is 1.66. The van der Waals surface area contributed by atoms with Crippen LogP contribution in [0.2, 0.25) is 0 Å². The van der Waals surface area contributed by atoms with Crippen molar-refractivity contribution in [3.05, 3.63) is 77.4 Å². The van der Waals surface area contributed by atoms with Crippen LogP contribution in [0.5, 0.6) is 5.75 Å². The predicted molar refractivity (Wildman–Crippen MR) is 98.1 cm³/mol.